The van der Waals surface area contributed by atoms with Crippen LogP contribution in [0.5, 0.6) is 0 Å². The number of benzene rings is 1. The van der Waals surface area contributed by atoms with Crippen molar-refractivity contribution in [1.29, 1.82) is 5.26 Å². The fraction of sp³-hybridized carbons (Fsp3) is 0.385. The fourth-order valence-electron chi connectivity index (χ4n) is 2.50. The maximum absolute atomic E-state index is 11.4. The van der Waals surface area contributed by atoms with E-state index < -0.39 is 6.10 Å². The number of nitrogens with one attached hydrogen (secondary N) is 1. The standard InChI is InChI=1S/C13H14N4O2/c14-6-9-7-17(1-2-19-9)12-5-11-8(3-10(12)15)4-13(18)16-11/h3,5,9H,1-2,4,7,15H2,(H,16,18). The van der Waals surface area contributed by atoms with Gasteiger partial charge in [-0.05, 0) is 17.7 Å². The van der Waals surface area contributed by atoms with Crippen molar-refractivity contribution in [3.63, 3.8) is 0 Å². The van der Waals surface area contributed by atoms with Crippen LogP contribution in [0.25, 0.3) is 0 Å². The summed E-state index contributed by atoms with van der Waals surface area (Å²) in [6.45, 7) is 1.68. The van der Waals surface area contributed by atoms with Gasteiger partial charge in [-0.15, -0.1) is 0 Å². The summed E-state index contributed by atoms with van der Waals surface area (Å²) < 4.78 is 5.32. The van der Waals surface area contributed by atoms with Gasteiger partial charge in [-0.2, -0.15) is 5.26 Å². The number of carbonyl (C=O) groups is 1. The van der Waals surface area contributed by atoms with Crippen molar-refractivity contribution in [2.24, 2.45) is 0 Å². The van der Waals surface area contributed by atoms with E-state index in [0.29, 0.717) is 31.8 Å². The molecule has 0 aromatic heterocycles. The highest BCUT2D eigenvalue weighted by molar-refractivity contribution is 6.00. The zero-order valence-corrected chi connectivity index (χ0v) is 10.3. The van der Waals surface area contributed by atoms with E-state index in [2.05, 4.69) is 11.4 Å². The minimum Gasteiger partial charge on any atom is -0.397 e. The maximum Gasteiger partial charge on any atom is 0.228 e. The Balaban J connectivity index is 1.91. The van der Waals surface area contributed by atoms with Crippen molar-refractivity contribution in [2.75, 3.05) is 35.6 Å². The van der Waals surface area contributed by atoms with Gasteiger partial charge in [0.1, 0.15) is 0 Å². The van der Waals surface area contributed by atoms with Gasteiger partial charge in [0.05, 0.1) is 37.0 Å². The van der Waals surface area contributed by atoms with Crippen LogP contribution in [-0.4, -0.2) is 31.7 Å². The first kappa shape index (κ1) is 11.8. The second kappa shape index (κ2) is 4.44. The third kappa shape index (κ3) is 2.09. The van der Waals surface area contributed by atoms with Crippen LogP contribution in [-0.2, 0) is 16.0 Å². The third-order valence-electron chi connectivity index (χ3n) is 3.43. The molecule has 0 aliphatic carbocycles. The van der Waals surface area contributed by atoms with Crippen molar-refractivity contribution in [1.82, 2.24) is 0 Å². The first-order valence-corrected chi connectivity index (χ1v) is 6.16. The van der Waals surface area contributed by atoms with E-state index >= 15 is 0 Å². The minimum atomic E-state index is -0.434. The molecule has 2 aliphatic heterocycles. The van der Waals surface area contributed by atoms with Crippen molar-refractivity contribution in [3.8, 4) is 6.07 Å². The highest BCUT2D eigenvalue weighted by atomic mass is 16.5. The Bertz CT molecular complexity index is 579. The molecule has 0 radical (unpaired) electrons. The number of nitriles is 1. The van der Waals surface area contributed by atoms with Gasteiger partial charge in [0.25, 0.3) is 0 Å². The molecule has 19 heavy (non-hydrogen) atoms. The molecular formula is C13H14N4O2. The predicted molar refractivity (Wildman–Crippen MR) is 70.8 cm³/mol. The smallest absolute Gasteiger partial charge is 0.228 e. The number of nitrogen functional groups attached to an aromatic ring is 1. The minimum absolute atomic E-state index is 0.0107. The number of nitrogens with two attached hydrogens (primary N) is 1. The van der Waals surface area contributed by atoms with Gasteiger partial charge in [-0.3, -0.25) is 4.79 Å². The first-order valence-electron chi connectivity index (χ1n) is 6.16. The van der Waals surface area contributed by atoms with Crippen molar-refractivity contribution >= 4 is 23.0 Å². The molecule has 2 aliphatic rings. The second-order valence-electron chi connectivity index (χ2n) is 4.73. The summed E-state index contributed by atoms with van der Waals surface area (Å²) in [6.07, 6.45) is -0.0555. The lowest BCUT2D eigenvalue weighted by Crippen LogP contribution is -2.42. The molecule has 1 fully saturated rings. The fourth-order valence-corrected chi connectivity index (χ4v) is 2.50. The van der Waals surface area contributed by atoms with Crippen LogP contribution in [0.4, 0.5) is 17.1 Å². The zero-order valence-electron chi connectivity index (χ0n) is 10.3. The van der Waals surface area contributed by atoms with Crippen LogP contribution >= 0.6 is 0 Å². The van der Waals surface area contributed by atoms with Crippen LogP contribution in [0.1, 0.15) is 5.56 Å². The molecule has 3 N–H and O–H groups in total. The lowest BCUT2D eigenvalue weighted by atomic mass is 10.1. The Morgan fingerprint density at radius 1 is 1.53 bits per heavy atom. The van der Waals surface area contributed by atoms with E-state index in [9.17, 15) is 4.79 Å². The number of ether oxygens (including phenoxy) is 1. The summed E-state index contributed by atoms with van der Waals surface area (Å²) in [5.41, 5.74) is 9.28. The highest BCUT2D eigenvalue weighted by Gasteiger charge is 2.25. The number of rotatable bonds is 1. The van der Waals surface area contributed by atoms with E-state index in [1.165, 1.54) is 0 Å². The number of hydrogen-bond acceptors (Lipinski definition) is 5. The van der Waals surface area contributed by atoms with Crippen molar-refractivity contribution < 1.29 is 9.53 Å². The lowest BCUT2D eigenvalue weighted by molar-refractivity contribution is -0.115. The van der Waals surface area contributed by atoms with Gasteiger partial charge in [-0.25, -0.2) is 0 Å². The van der Waals surface area contributed by atoms with Gasteiger partial charge in [-0.1, -0.05) is 0 Å². The van der Waals surface area contributed by atoms with Gasteiger partial charge in [0.2, 0.25) is 5.91 Å². The van der Waals surface area contributed by atoms with Crippen LogP contribution in [0, 0.1) is 11.3 Å². The topological polar surface area (TPSA) is 91.4 Å². The normalized spacial score (nSPS) is 21.7. The second-order valence-corrected chi connectivity index (χ2v) is 4.73. The molecule has 6 heteroatoms. The molecule has 1 aromatic rings. The third-order valence-corrected chi connectivity index (χ3v) is 3.43. The van der Waals surface area contributed by atoms with E-state index in [1.54, 1.807) is 0 Å². The van der Waals surface area contributed by atoms with Crippen LogP contribution in [0.2, 0.25) is 0 Å². The number of fused-ring (bicyclic) bond motifs is 1. The molecule has 98 valence electrons. The van der Waals surface area contributed by atoms with Crippen LogP contribution in [0.15, 0.2) is 12.1 Å². The number of anilines is 3. The van der Waals surface area contributed by atoms with Crippen LogP contribution in [0.3, 0.4) is 0 Å². The molecule has 1 amide bonds. The molecule has 3 rings (SSSR count). The average molecular weight is 258 g/mol. The molecule has 2 heterocycles. The summed E-state index contributed by atoms with van der Waals surface area (Å²) in [4.78, 5) is 13.4. The number of morpholine rings is 1. The number of amides is 1. The Kier molecular flexibility index (Phi) is 2.76. The van der Waals surface area contributed by atoms with E-state index in [1.807, 2.05) is 17.0 Å². The average Bonchev–Trinajstić information content (AvgIpc) is 2.77. The van der Waals surface area contributed by atoms with E-state index in [4.69, 9.17) is 15.7 Å². The maximum atomic E-state index is 11.4. The summed E-state index contributed by atoms with van der Waals surface area (Å²) in [5, 5.41) is 11.7. The number of carbonyl (C=O) groups excluding carboxylic acids is 1. The first-order chi connectivity index (χ1) is 9.17. The molecule has 1 saturated heterocycles. The molecule has 0 bridgehead atoms. The molecule has 0 saturated carbocycles. The Morgan fingerprint density at radius 2 is 2.37 bits per heavy atom. The quantitative estimate of drug-likeness (QED) is 0.715. The van der Waals surface area contributed by atoms with Gasteiger partial charge >= 0.3 is 0 Å². The van der Waals surface area contributed by atoms with Crippen LogP contribution < -0.4 is 16.0 Å². The van der Waals surface area contributed by atoms with Gasteiger partial charge < -0.3 is 20.7 Å². The monoisotopic (exact) mass is 258 g/mol. The molecule has 1 atom stereocenters. The molecule has 1 unspecified atom stereocenters. The number of nitrogens with zero attached hydrogens (tertiary/aromatic N) is 2. The number of hydrogen-bond donors (Lipinski definition) is 2. The largest absolute Gasteiger partial charge is 0.397 e. The van der Waals surface area contributed by atoms with Gasteiger partial charge in [0.15, 0.2) is 6.10 Å². The SMILES string of the molecule is N#CC1CN(c2cc3c(cc2N)CC(=O)N3)CCO1. The highest BCUT2D eigenvalue weighted by Crippen LogP contribution is 2.34. The van der Waals surface area contributed by atoms with Crippen molar-refractivity contribution in [3.05, 3.63) is 17.7 Å². The lowest BCUT2D eigenvalue weighted by Gasteiger charge is -2.32. The summed E-state index contributed by atoms with van der Waals surface area (Å²) >= 11 is 0. The Morgan fingerprint density at radius 3 is 3.16 bits per heavy atom. The Hall–Kier alpha value is -2.26. The zero-order chi connectivity index (χ0) is 13.4. The Labute approximate surface area is 110 Å². The molecule has 1 aromatic carbocycles. The predicted octanol–water partition coefficient (Wildman–Crippen LogP) is 0.492. The molecular weight excluding hydrogens is 244 g/mol. The van der Waals surface area contributed by atoms with E-state index in [0.717, 1.165) is 16.9 Å². The summed E-state index contributed by atoms with van der Waals surface area (Å²) in [6, 6.07) is 5.83. The van der Waals surface area contributed by atoms with Crippen molar-refractivity contribution in [2.45, 2.75) is 12.5 Å². The summed E-state index contributed by atoms with van der Waals surface area (Å²) in [5.74, 6) is -0.0107. The summed E-state index contributed by atoms with van der Waals surface area (Å²) in [7, 11) is 0. The molecule has 6 nitrogen and oxygen atoms in total. The van der Waals surface area contributed by atoms with Gasteiger partial charge in [0, 0.05) is 12.2 Å². The molecule has 0 spiro atoms. The van der Waals surface area contributed by atoms with E-state index in [-0.39, 0.29) is 5.91 Å².